The molecule has 0 bridgehead atoms. The number of hydrogen-bond acceptors (Lipinski definition) is 4. The van der Waals surface area contributed by atoms with Gasteiger partial charge in [0.05, 0.1) is 0 Å². The summed E-state index contributed by atoms with van der Waals surface area (Å²) in [5.74, 6) is -1.03. The minimum absolute atomic E-state index is 0.217. The van der Waals surface area contributed by atoms with Crippen LogP contribution in [0, 0.1) is 5.41 Å². The van der Waals surface area contributed by atoms with Gasteiger partial charge in [-0.3, -0.25) is 9.59 Å². The molecule has 0 aromatic carbocycles. The van der Waals surface area contributed by atoms with Gasteiger partial charge in [0.1, 0.15) is 0 Å². The predicted octanol–water partition coefficient (Wildman–Crippen LogP) is 1.26. The molecule has 0 spiro atoms. The van der Waals surface area contributed by atoms with Crippen LogP contribution in [0.1, 0.15) is 40.5 Å². The molecule has 0 saturated heterocycles. The van der Waals surface area contributed by atoms with Gasteiger partial charge in [0.15, 0.2) is 0 Å². The monoisotopic (exact) mass is 202 g/mol. The third-order valence-corrected chi connectivity index (χ3v) is 1.66. The van der Waals surface area contributed by atoms with Gasteiger partial charge >= 0.3 is 5.97 Å². The van der Waals surface area contributed by atoms with E-state index in [1.54, 1.807) is 20.8 Å². The summed E-state index contributed by atoms with van der Waals surface area (Å²) < 4.78 is 4.55. The molecule has 0 aliphatic heterocycles. The van der Waals surface area contributed by atoms with Crippen LogP contribution in [0.5, 0.6) is 0 Å². The van der Waals surface area contributed by atoms with Crippen molar-refractivity contribution < 1.29 is 19.4 Å². The molecule has 0 aliphatic rings. The number of carbonyl (C=O) groups excluding carboxylic acids is 2. The lowest BCUT2D eigenvalue weighted by molar-refractivity contribution is -0.179. The van der Waals surface area contributed by atoms with Gasteiger partial charge in [0, 0.05) is 11.8 Å². The second kappa shape index (κ2) is 5.10. The van der Waals surface area contributed by atoms with E-state index in [1.165, 1.54) is 0 Å². The maximum atomic E-state index is 11.4. The summed E-state index contributed by atoms with van der Waals surface area (Å²) in [7, 11) is 0. The van der Waals surface area contributed by atoms with Gasteiger partial charge in [-0.05, 0) is 6.42 Å². The zero-order chi connectivity index (χ0) is 11.4. The Kier molecular flexibility index (Phi) is 4.77. The van der Waals surface area contributed by atoms with Crippen LogP contribution in [-0.4, -0.2) is 23.1 Å². The van der Waals surface area contributed by atoms with Gasteiger partial charge in [-0.2, -0.15) is 0 Å². The Morgan fingerprint density at radius 1 is 1.36 bits per heavy atom. The largest absolute Gasteiger partial charge is 0.428 e. The van der Waals surface area contributed by atoms with Gasteiger partial charge in [-0.25, -0.2) is 0 Å². The molecule has 82 valence electrons. The molecule has 1 N–H and O–H groups in total. The predicted molar refractivity (Wildman–Crippen MR) is 51.5 cm³/mol. The molecule has 0 fully saturated rings. The molecular weight excluding hydrogens is 184 g/mol. The molecule has 1 unspecified atom stereocenters. The lowest BCUT2D eigenvalue weighted by Crippen LogP contribution is -2.35. The van der Waals surface area contributed by atoms with Gasteiger partial charge < -0.3 is 9.84 Å². The summed E-state index contributed by atoms with van der Waals surface area (Å²) in [4.78, 5) is 22.3. The third-order valence-electron chi connectivity index (χ3n) is 1.66. The van der Waals surface area contributed by atoms with Crippen molar-refractivity contribution in [3.8, 4) is 0 Å². The standard InChI is InChI=1S/C10H18O4/c1-5-6-7(11)14-9(13)8(12)10(2,3)4/h9,13H,5-6H2,1-4H3. The van der Waals surface area contributed by atoms with E-state index in [-0.39, 0.29) is 6.42 Å². The average molecular weight is 202 g/mol. The summed E-state index contributed by atoms with van der Waals surface area (Å²) in [6.45, 7) is 6.80. The Bertz CT molecular complexity index is 215. The Balaban J connectivity index is 4.15. The molecule has 0 aliphatic carbocycles. The zero-order valence-corrected chi connectivity index (χ0v) is 9.16. The van der Waals surface area contributed by atoms with Crippen LogP contribution in [0.25, 0.3) is 0 Å². The first kappa shape index (κ1) is 13.1. The SMILES string of the molecule is CCCC(=O)OC(O)C(=O)C(C)(C)C. The van der Waals surface area contributed by atoms with Crippen molar-refractivity contribution in [2.24, 2.45) is 5.41 Å². The Hall–Kier alpha value is -0.900. The molecule has 4 nitrogen and oxygen atoms in total. The van der Waals surface area contributed by atoms with E-state index >= 15 is 0 Å². The number of Topliss-reactive ketones (excluding diaryl/α,β-unsaturated/α-hetero) is 1. The van der Waals surface area contributed by atoms with Crippen molar-refractivity contribution in [1.82, 2.24) is 0 Å². The highest BCUT2D eigenvalue weighted by Gasteiger charge is 2.30. The highest BCUT2D eigenvalue weighted by atomic mass is 16.6. The summed E-state index contributed by atoms with van der Waals surface area (Å²) in [6.07, 6.45) is -0.780. The molecular formula is C10H18O4. The number of rotatable bonds is 4. The van der Waals surface area contributed by atoms with Crippen LogP contribution in [0.15, 0.2) is 0 Å². The fourth-order valence-corrected chi connectivity index (χ4v) is 0.812. The topological polar surface area (TPSA) is 63.6 Å². The quantitative estimate of drug-likeness (QED) is 0.550. The number of aliphatic hydroxyl groups excluding tert-OH is 1. The van der Waals surface area contributed by atoms with Crippen molar-refractivity contribution >= 4 is 11.8 Å². The van der Waals surface area contributed by atoms with Crippen LogP contribution < -0.4 is 0 Å². The molecule has 1 atom stereocenters. The molecule has 0 heterocycles. The number of hydrogen-bond donors (Lipinski definition) is 1. The highest BCUT2D eigenvalue weighted by molar-refractivity contribution is 5.88. The number of ether oxygens (including phenoxy) is 1. The maximum Gasteiger partial charge on any atom is 0.308 e. The van der Waals surface area contributed by atoms with Gasteiger partial charge in [0.25, 0.3) is 6.29 Å². The molecule has 0 aromatic heterocycles. The normalized spacial score (nSPS) is 13.5. The molecule has 0 rings (SSSR count). The fraction of sp³-hybridized carbons (Fsp3) is 0.800. The molecule has 0 aromatic rings. The Morgan fingerprint density at radius 2 is 1.86 bits per heavy atom. The van der Waals surface area contributed by atoms with Crippen LogP contribution in [-0.2, 0) is 14.3 Å². The number of aliphatic hydroxyl groups is 1. The summed E-state index contributed by atoms with van der Waals surface area (Å²) in [5.41, 5.74) is -0.702. The van der Waals surface area contributed by atoms with Crippen LogP contribution in [0.3, 0.4) is 0 Å². The minimum atomic E-state index is -1.63. The van der Waals surface area contributed by atoms with Gasteiger partial charge in [-0.1, -0.05) is 27.7 Å². The number of carbonyl (C=O) groups is 2. The summed E-state index contributed by atoms with van der Waals surface area (Å²) >= 11 is 0. The minimum Gasteiger partial charge on any atom is -0.428 e. The second-order valence-electron chi connectivity index (χ2n) is 4.21. The van der Waals surface area contributed by atoms with E-state index in [0.29, 0.717) is 6.42 Å². The van der Waals surface area contributed by atoms with Crippen LogP contribution in [0.2, 0.25) is 0 Å². The van der Waals surface area contributed by atoms with Crippen molar-refractivity contribution in [1.29, 1.82) is 0 Å². The van der Waals surface area contributed by atoms with Crippen molar-refractivity contribution in [3.05, 3.63) is 0 Å². The van der Waals surface area contributed by atoms with Crippen LogP contribution >= 0.6 is 0 Å². The molecule has 4 heteroatoms. The van der Waals surface area contributed by atoms with Gasteiger partial charge in [-0.15, -0.1) is 0 Å². The van der Waals surface area contributed by atoms with E-state index in [0.717, 1.165) is 0 Å². The fourth-order valence-electron chi connectivity index (χ4n) is 0.812. The van der Waals surface area contributed by atoms with E-state index in [2.05, 4.69) is 4.74 Å². The molecule has 0 radical (unpaired) electrons. The first-order chi connectivity index (χ1) is 6.29. The van der Waals surface area contributed by atoms with E-state index in [4.69, 9.17) is 0 Å². The van der Waals surface area contributed by atoms with Crippen molar-refractivity contribution in [2.45, 2.75) is 46.8 Å². The summed E-state index contributed by atoms with van der Waals surface area (Å²) in [5, 5.41) is 9.26. The van der Waals surface area contributed by atoms with Crippen LogP contribution in [0.4, 0.5) is 0 Å². The third kappa shape index (κ3) is 4.37. The lowest BCUT2D eigenvalue weighted by Gasteiger charge is -2.20. The molecule has 0 saturated carbocycles. The highest BCUT2D eigenvalue weighted by Crippen LogP contribution is 2.17. The smallest absolute Gasteiger partial charge is 0.308 e. The Labute approximate surface area is 84.3 Å². The first-order valence-electron chi connectivity index (χ1n) is 4.71. The van der Waals surface area contributed by atoms with Crippen molar-refractivity contribution in [3.63, 3.8) is 0 Å². The Morgan fingerprint density at radius 3 is 2.21 bits per heavy atom. The second-order valence-corrected chi connectivity index (χ2v) is 4.21. The lowest BCUT2D eigenvalue weighted by atomic mass is 9.90. The first-order valence-corrected chi connectivity index (χ1v) is 4.71. The van der Waals surface area contributed by atoms with E-state index in [1.807, 2.05) is 6.92 Å². The molecule has 0 amide bonds. The number of ketones is 1. The van der Waals surface area contributed by atoms with Gasteiger partial charge in [0.2, 0.25) is 5.78 Å². The molecule has 14 heavy (non-hydrogen) atoms. The number of esters is 1. The summed E-state index contributed by atoms with van der Waals surface area (Å²) in [6, 6.07) is 0. The van der Waals surface area contributed by atoms with E-state index < -0.39 is 23.5 Å². The average Bonchev–Trinajstić information content (AvgIpc) is 2.01. The van der Waals surface area contributed by atoms with E-state index in [9.17, 15) is 14.7 Å². The van der Waals surface area contributed by atoms with Crippen molar-refractivity contribution in [2.75, 3.05) is 0 Å². The maximum absolute atomic E-state index is 11.4. The zero-order valence-electron chi connectivity index (χ0n) is 9.16.